The molecule has 1 aromatic carbocycles. The summed E-state index contributed by atoms with van der Waals surface area (Å²) in [4.78, 5) is 0. The Labute approximate surface area is 102 Å². The van der Waals surface area contributed by atoms with E-state index in [1.807, 2.05) is 30.3 Å². The van der Waals surface area contributed by atoms with E-state index < -0.39 is 10.0 Å². The summed E-state index contributed by atoms with van der Waals surface area (Å²) in [5.41, 5.74) is 8.67. The van der Waals surface area contributed by atoms with Crippen molar-refractivity contribution in [1.29, 1.82) is 0 Å². The van der Waals surface area contributed by atoms with Crippen molar-refractivity contribution < 1.29 is 8.42 Å². The first-order chi connectivity index (χ1) is 7.97. The monoisotopic (exact) mass is 252 g/mol. The summed E-state index contributed by atoms with van der Waals surface area (Å²) in [5.74, 6) is 0. The molecule has 1 aliphatic heterocycles. The van der Waals surface area contributed by atoms with E-state index in [1.54, 1.807) is 0 Å². The number of anilines is 1. The molecular weight excluding hydrogens is 236 g/mol. The highest BCUT2D eigenvalue weighted by Gasteiger charge is 2.19. The lowest BCUT2D eigenvalue weighted by Crippen LogP contribution is -2.33. The summed E-state index contributed by atoms with van der Waals surface area (Å²) in [7, 11) is -3.07. The van der Waals surface area contributed by atoms with Crippen LogP contribution in [0, 0.1) is 0 Å². The normalized spacial score (nSPS) is 17.8. The van der Waals surface area contributed by atoms with Gasteiger partial charge in [0.25, 0.3) is 0 Å². The average molecular weight is 252 g/mol. The van der Waals surface area contributed by atoms with Crippen LogP contribution in [0.15, 0.2) is 30.3 Å². The minimum absolute atomic E-state index is 0.457. The maximum atomic E-state index is 11.4. The van der Waals surface area contributed by atoms with Gasteiger partial charge in [0.15, 0.2) is 0 Å². The highest BCUT2D eigenvalue weighted by atomic mass is 32.2. The highest BCUT2D eigenvalue weighted by molar-refractivity contribution is 7.88. The summed E-state index contributed by atoms with van der Waals surface area (Å²) < 4.78 is 24.2. The topological polar surface area (TPSA) is 63.4 Å². The molecule has 17 heavy (non-hydrogen) atoms. The predicted molar refractivity (Wildman–Crippen MR) is 69.9 cm³/mol. The van der Waals surface area contributed by atoms with Crippen molar-refractivity contribution in [3.05, 3.63) is 35.9 Å². The Morgan fingerprint density at radius 2 is 1.88 bits per heavy atom. The van der Waals surface area contributed by atoms with Gasteiger partial charge in [-0.25, -0.2) is 8.42 Å². The summed E-state index contributed by atoms with van der Waals surface area (Å²) >= 11 is 0. The Morgan fingerprint density at radius 1 is 1.24 bits per heavy atom. The van der Waals surface area contributed by atoms with Crippen molar-refractivity contribution in [2.45, 2.75) is 6.42 Å². The Morgan fingerprint density at radius 3 is 2.35 bits per heavy atom. The third kappa shape index (κ3) is 2.87. The molecule has 0 amide bonds. The second-order valence-electron chi connectivity index (χ2n) is 4.22. The van der Waals surface area contributed by atoms with E-state index in [2.05, 4.69) is 0 Å². The first-order valence-corrected chi connectivity index (χ1v) is 7.32. The number of nitrogens with zero attached hydrogens (tertiary/aromatic N) is 1. The summed E-state index contributed by atoms with van der Waals surface area (Å²) in [6.07, 6.45) is 3.96. The molecule has 4 nitrogen and oxygen atoms in total. The Balaban J connectivity index is 2.16. The molecule has 1 heterocycles. The number of nitrogens with two attached hydrogens (primary N) is 1. The molecule has 2 N–H and O–H groups in total. The van der Waals surface area contributed by atoms with Crippen LogP contribution >= 0.6 is 0 Å². The molecule has 0 bridgehead atoms. The molecule has 0 unspecified atom stereocenters. The SMILES string of the molecule is CS(=O)(=O)N1CC=C(c2ccc(N)cc2)CC1. The fourth-order valence-corrected chi connectivity index (χ4v) is 2.68. The lowest BCUT2D eigenvalue weighted by molar-refractivity contribution is 0.446. The van der Waals surface area contributed by atoms with Crippen LogP contribution in [-0.2, 0) is 10.0 Å². The molecule has 2 rings (SSSR count). The second-order valence-corrected chi connectivity index (χ2v) is 6.20. The second kappa shape index (κ2) is 4.50. The van der Waals surface area contributed by atoms with E-state index in [9.17, 15) is 8.42 Å². The van der Waals surface area contributed by atoms with Gasteiger partial charge < -0.3 is 5.73 Å². The minimum atomic E-state index is -3.07. The van der Waals surface area contributed by atoms with Crippen LogP contribution < -0.4 is 5.73 Å². The predicted octanol–water partition coefficient (Wildman–Crippen LogP) is 1.32. The molecule has 0 saturated carbocycles. The third-order valence-corrected chi connectivity index (χ3v) is 4.19. The van der Waals surface area contributed by atoms with E-state index in [0.717, 1.165) is 17.7 Å². The number of nitrogen functional groups attached to an aromatic ring is 1. The first kappa shape index (κ1) is 12.1. The number of hydrogen-bond acceptors (Lipinski definition) is 3. The van der Waals surface area contributed by atoms with Crippen LogP contribution in [0.4, 0.5) is 5.69 Å². The quantitative estimate of drug-likeness (QED) is 0.807. The van der Waals surface area contributed by atoms with Crippen LogP contribution in [0.25, 0.3) is 5.57 Å². The molecule has 0 radical (unpaired) electrons. The van der Waals surface area contributed by atoms with Gasteiger partial charge in [0, 0.05) is 18.8 Å². The van der Waals surface area contributed by atoms with Crippen LogP contribution in [0.5, 0.6) is 0 Å². The summed E-state index contributed by atoms with van der Waals surface area (Å²) in [6.45, 7) is 1.01. The highest BCUT2D eigenvalue weighted by Crippen LogP contribution is 2.23. The fourth-order valence-electron chi connectivity index (χ4n) is 1.91. The average Bonchev–Trinajstić information content (AvgIpc) is 2.29. The summed E-state index contributed by atoms with van der Waals surface area (Å²) in [5, 5.41) is 0. The molecule has 0 atom stereocenters. The first-order valence-electron chi connectivity index (χ1n) is 5.47. The number of hydrogen-bond donors (Lipinski definition) is 1. The Bertz CT molecular complexity index is 532. The fraction of sp³-hybridized carbons (Fsp3) is 0.333. The van der Waals surface area contributed by atoms with Gasteiger partial charge in [0.05, 0.1) is 6.26 Å². The van der Waals surface area contributed by atoms with Gasteiger partial charge in [-0.15, -0.1) is 0 Å². The molecule has 0 saturated heterocycles. The molecule has 0 fully saturated rings. The zero-order valence-electron chi connectivity index (χ0n) is 9.76. The van der Waals surface area contributed by atoms with Gasteiger partial charge in [0.1, 0.15) is 0 Å². The molecule has 0 aliphatic carbocycles. The maximum Gasteiger partial charge on any atom is 0.211 e. The largest absolute Gasteiger partial charge is 0.399 e. The van der Waals surface area contributed by atoms with Gasteiger partial charge in [-0.2, -0.15) is 4.31 Å². The standard InChI is InChI=1S/C12H16N2O2S/c1-17(15,16)14-8-6-11(7-9-14)10-2-4-12(13)5-3-10/h2-6H,7-9,13H2,1H3. The Kier molecular flexibility index (Phi) is 3.22. The van der Waals surface area contributed by atoms with Gasteiger partial charge in [-0.1, -0.05) is 18.2 Å². The molecule has 1 aromatic rings. The zero-order valence-corrected chi connectivity index (χ0v) is 10.6. The van der Waals surface area contributed by atoms with Crippen LogP contribution in [0.1, 0.15) is 12.0 Å². The van der Waals surface area contributed by atoms with E-state index >= 15 is 0 Å². The lowest BCUT2D eigenvalue weighted by atomic mass is 10.0. The molecule has 1 aliphatic rings. The van der Waals surface area contributed by atoms with Crippen LogP contribution in [0.3, 0.4) is 0 Å². The molecule has 0 aromatic heterocycles. The zero-order chi connectivity index (χ0) is 12.5. The lowest BCUT2D eigenvalue weighted by Gasteiger charge is -2.24. The minimum Gasteiger partial charge on any atom is -0.399 e. The van der Waals surface area contributed by atoms with Crippen molar-refractivity contribution in [1.82, 2.24) is 4.31 Å². The smallest absolute Gasteiger partial charge is 0.211 e. The van der Waals surface area contributed by atoms with Crippen LogP contribution in [0.2, 0.25) is 0 Å². The van der Waals surface area contributed by atoms with Crippen molar-refractivity contribution >= 4 is 21.3 Å². The van der Waals surface area contributed by atoms with Gasteiger partial charge in [-0.3, -0.25) is 0 Å². The van der Waals surface area contributed by atoms with E-state index in [-0.39, 0.29) is 0 Å². The number of rotatable bonds is 2. The third-order valence-electron chi connectivity index (χ3n) is 2.92. The number of sulfonamides is 1. The molecule has 5 heteroatoms. The van der Waals surface area contributed by atoms with Crippen LogP contribution in [-0.4, -0.2) is 32.1 Å². The molecule has 92 valence electrons. The van der Waals surface area contributed by atoms with E-state index in [0.29, 0.717) is 13.1 Å². The maximum absolute atomic E-state index is 11.4. The van der Waals surface area contributed by atoms with Crippen molar-refractivity contribution in [2.75, 3.05) is 25.1 Å². The molecular formula is C12H16N2O2S. The summed E-state index contributed by atoms with van der Waals surface area (Å²) in [6, 6.07) is 7.66. The van der Waals surface area contributed by atoms with Crippen molar-refractivity contribution in [3.8, 4) is 0 Å². The van der Waals surface area contributed by atoms with Gasteiger partial charge in [0.2, 0.25) is 10.0 Å². The van der Waals surface area contributed by atoms with Gasteiger partial charge >= 0.3 is 0 Å². The van der Waals surface area contributed by atoms with Crippen molar-refractivity contribution in [2.24, 2.45) is 0 Å². The molecule has 0 spiro atoms. The van der Waals surface area contributed by atoms with E-state index in [1.165, 1.54) is 16.1 Å². The van der Waals surface area contributed by atoms with E-state index in [4.69, 9.17) is 5.73 Å². The number of benzene rings is 1. The van der Waals surface area contributed by atoms with Gasteiger partial charge in [-0.05, 0) is 29.7 Å². The Hall–Kier alpha value is -1.33. The van der Waals surface area contributed by atoms with Crippen molar-refractivity contribution in [3.63, 3.8) is 0 Å².